The Morgan fingerprint density at radius 2 is 1.72 bits per heavy atom. The molecule has 1 heterocycles. The average Bonchev–Trinajstić information content (AvgIpc) is 2.30. The van der Waals surface area contributed by atoms with Crippen LogP contribution in [0.5, 0.6) is 0 Å². The number of piperazine rings is 1. The molecule has 4 nitrogen and oxygen atoms in total. The summed E-state index contributed by atoms with van der Waals surface area (Å²) >= 11 is 0. The lowest BCUT2D eigenvalue weighted by Gasteiger charge is -2.30. The minimum absolute atomic E-state index is 0. The highest BCUT2D eigenvalue weighted by molar-refractivity contribution is 7.88. The number of nitrogens with one attached hydrogen (secondary N) is 1. The van der Waals surface area contributed by atoms with Gasteiger partial charge in [0.25, 0.3) is 0 Å². The second-order valence-corrected chi connectivity index (χ2v) is 6.56. The van der Waals surface area contributed by atoms with Gasteiger partial charge in [-0.25, -0.2) is 8.42 Å². The zero-order valence-corrected chi connectivity index (χ0v) is 12.0. The van der Waals surface area contributed by atoms with Crippen molar-refractivity contribution in [1.82, 2.24) is 4.31 Å². The molecule has 1 aliphatic heterocycles. The Bertz CT molecular complexity index is 456. The molecule has 2 rings (SSSR count). The number of hydrogen-bond acceptors (Lipinski definition) is 2. The fraction of sp³-hybridized carbons (Fsp3) is 0.500. The van der Waals surface area contributed by atoms with Gasteiger partial charge in [-0.05, 0) is 0 Å². The molecule has 0 spiro atoms. The van der Waals surface area contributed by atoms with Crippen LogP contribution < -0.4 is 17.3 Å². The molecule has 1 aromatic rings. The molecule has 1 aromatic carbocycles. The molecule has 0 saturated carbocycles. The van der Waals surface area contributed by atoms with E-state index < -0.39 is 10.0 Å². The molecule has 0 unspecified atom stereocenters. The van der Waals surface area contributed by atoms with Crippen LogP contribution in [0.2, 0.25) is 0 Å². The third-order valence-corrected chi connectivity index (χ3v) is 4.50. The highest BCUT2D eigenvalue weighted by Crippen LogP contribution is 1.99. The summed E-state index contributed by atoms with van der Waals surface area (Å²) in [7, 11) is -3.00. The third kappa shape index (κ3) is 4.24. The minimum atomic E-state index is -3.00. The Balaban J connectivity index is 0.00000162. The predicted octanol–water partition coefficient (Wildman–Crippen LogP) is -3.65. The van der Waals surface area contributed by atoms with Crippen LogP contribution in [0.25, 0.3) is 0 Å². The van der Waals surface area contributed by atoms with Gasteiger partial charge in [-0.2, -0.15) is 4.31 Å². The van der Waals surface area contributed by atoms with E-state index in [0.29, 0.717) is 13.1 Å². The number of halogens is 1. The van der Waals surface area contributed by atoms with E-state index in [1.165, 1.54) is 16.7 Å². The van der Waals surface area contributed by atoms with Gasteiger partial charge in [0.1, 0.15) is 6.54 Å². The summed E-state index contributed by atoms with van der Waals surface area (Å²) in [5.41, 5.74) is 1.32. The van der Waals surface area contributed by atoms with Gasteiger partial charge in [0.15, 0.2) is 0 Å². The molecule has 102 valence electrons. The molecule has 0 amide bonds. The van der Waals surface area contributed by atoms with E-state index in [4.69, 9.17) is 0 Å². The fourth-order valence-corrected chi connectivity index (χ4v) is 3.04. The van der Waals surface area contributed by atoms with Crippen molar-refractivity contribution in [2.24, 2.45) is 0 Å². The van der Waals surface area contributed by atoms with E-state index in [-0.39, 0.29) is 12.4 Å². The van der Waals surface area contributed by atoms with Gasteiger partial charge in [0.2, 0.25) is 10.0 Å². The molecule has 6 heteroatoms. The number of rotatable bonds is 3. The molecule has 1 aliphatic rings. The molecule has 1 fully saturated rings. The van der Waals surface area contributed by atoms with E-state index >= 15 is 0 Å². The number of nitrogens with zero attached hydrogens (tertiary/aromatic N) is 1. The van der Waals surface area contributed by atoms with Crippen LogP contribution in [0.4, 0.5) is 0 Å². The number of hydrogen-bond donors (Lipinski definition) is 1. The maximum Gasteiger partial charge on any atom is 0.211 e. The molecule has 0 aliphatic carbocycles. The van der Waals surface area contributed by atoms with Gasteiger partial charge >= 0.3 is 0 Å². The summed E-state index contributed by atoms with van der Waals surface area (Å²) in [6.07, 6.45) is 1.29. The van der Waals surface area contributed by atoms with Crippen molar-refractivity contribution in [1.29, 1.82) is 0 Å². The third-order valence-electron chi connectivity index (χ3n) is 3.20. The molecule has 1 N–H and O–H groups in total. The van der Waals surface area contributed by atoms with Gasteiger partial charge in [-0.3, -0.25) is 0 Å². The first kappa shape index (κ1) is 15.4. The Hall–Kier alpha value is -0.620. The van der Waals surface area contributed by atoms with E-state index in [9.17, 15) is 8.42 Å². The molecule has 18 heavy (non-hydrogen) atoms. The van der Waals surface area contributed by atoms with Gasteiger partial charge in [0.05, 0.1) is 32.4 Å². The molecular weight excluding hydrogens is 272 g/mol. The van der Waals surface area contributed by atoms with Crippen molar-refractivity contribution in [3.05, 3.63) is 35.9 Å². The summed E-state index contributed by atoms with van der Waals surface area (Å²) in [4.78, 5) is 1.45. The number of quaternary nitrogens is 1. The van der Waals surface area contributed by atoms with Crippen LogP contribution in [0.1, 0.15) is 5.56 Å². The monoisotopic (exact) mass is 290 g/mol. The average molecular weight is 291 g/mol. The van der Waals surface area contributed by atoms with Crippen molar-refractivity contribution < 1.29 is 25.7 Å². The lowest BCUT2D eigenvalue weighted by Crippen LogP contribution is -3.13. The van der Waals surface area contributed by atoms with Crippen molar-refractivity contribution in [3.8, 4) is 0 Å². The molecule has 0 radical (unpaired) electrons. The van der Waals surface area contributed by atoms with Crippen molar-refractivity contribution in [3.63, 3.8) is 0 Å². The minimum Gasteiger partial charge on any atom is -1.00 e. The van der Waals surface area contributed by atoms with Crippen LogP contribution >= 0.6 is 0 Å². The van der Waals surface area contributed by atoms with E-state index in [1.807, 2.05) is 18.2 Å². The molecule has 0 aromatic heterocycles. The van der Waals surface area contributed by atoms with E-state index in [0.717, 1.165) is 19.6 Å². The first-order chi connectivity index (χ1) is 8.05. The summed E-state index contributed by atoms with van der Waals surface area (Å²) in [6, 6.07) is 10.3. The highest BCUT2D eigenvalue weighted by Gasteiger charge is 2.25. The standard InChI is InChI=1S/C12H18N2O2S.ClH/c1-17(15,16)14-9-7-13(8-10-14)11-12-5-3-2-4-6-12;/h2-6H,7-11H2,1H3;1H. The maximum atomic E-state index is 11.4. The topological polar surface area (TPSA) is 41.8 Å². The van der Waals surface area contributed by atoms with Crippen molar-refractivity contribution >= 4 is 10.0 Å². The lowest BCUT2D eigenvalue weighted by molar-refractivity contribution is -0.917. The number of benzene rings is 1. The quantitative estimate of drug-likeness (QED) is 0.624. The smallest absolute Gasteiger partial charge is 0.211 e. The van der Waals surface area contributed by atoms with Gasteiger partial charge in [-0.1, -0.05) is 30.3 Å². The van der Waals surface area contributed by atoms with E-state index in [1.54, 1.807) is 4.31 Å². The molecule has 0 atom stereocenters. The Morgan fingerprint density at radius 1 is 1.17 bits per heavy atom. The lowest BCUT2D eigenvalue weighted by atomic mass is 10.2. The highest BCUT2D eigenvalue weighted by atomic mass is 35.5. The first-order valence-corrected chi connectivity index (χ1v) is 7.73. The SMILES string of the molecule is CS(=O)(=O)N1CC[NH+](Cc2ccccc2)CC1.[Cl-]. The Labute approximate surface area is 115 Å². The normalized spacial score (nSPS) is 18.3. The predicted molar refractivity (Wildman–Crippen MR) is 67.3 cm³/mol. The van der Waals surface area contributed by atoms with Crippen LogP contribution in [0.15, 0.2) is 30.3 Å². The summed E-state index contributed by atoms with van der Waals surface area (Å²) in [5, 5.41) is 0. The van der Waals surface area contributed by atoms with Gasteiger partial charge < -0.3 is 17.3 Å². The molecule has 1 saturated heterocycles. The first-order valence-electron chi connectivity index (χ1n) is 5.88. The summed E-state index contributed by atoms with van der Waals surface area (Å²) in [5.74, 6) is 0. The summed E-state index contributed by atoms with van der Waals surface area (Å²) in [6.45, 7) is 4.05. The largest absolute Gasteiger partial charge is 1.00 e. The fourth-order valence-electron chi connectivity index (χ4n) is 2.20. The Morgan fingerprint density at radius 3 is 2.22 bits per heavy atom. The molecular formula is C12H19ClN2O2S. The van der Waals surface area contributed by atoms with E-state index in [2.05, 4.69) is 12.1 Å². The van der Waals surface area contributed by atoms with Crippen LogP contribution in [0.3, 0.4) is 0 Å². The van der Waals surface area contributed by atoms with Crippen LogP contribution in [-0.2, 0) is 16.6 Å². The maximum absolute atomic E-state index is 11.4. The van der Waals surface area contributed by atoms with Crippen LogP contribution in [-0.4, -0.2) is 45.2 Å². The zero-order chi connectivity index (χ0) is 12.3. The van der Waals surface area contributed by atoms with Gasteiger partial charge in [-0.15, -0.1) is 0 Å². The van der Waals surface area contributed by atoms with Crippen LogP contribution in [0, 0.1) is 0 Å². The Kier molecular flexibility index (Phi) is 5.59. The molecule has 0 bridgehead atoms. The second-order valence-electron chi connectivity index (χ2n) is 4.57. The van der Waals surface area contributed by atoms with Crippen molar-refractivity contribution in [2.75, 3.05) is 32.4 Å². The second kappa shape index (κ2) is 6.52. The summed E-state index contributed by atoms with van der Waals surface area (Å²) < 4.78 is 24.3. The number of sulfonamides is 1. The van der Waals surface area contributed by atoms with Crippen molar-refractivity contribution in [2.45, 2.75) is 6.54 Å². The van der Waals surface area contributed by atoms with Gasteiger partial charge in [0, 0.05) is 5.56 Å². The zero-order valence-electron chi connectivity index (χ0n) is 10.5.